The Labute approximate surface area is 141 Å². The number of amides is 1. The molecule has 1 aliphatic carbocycles. The first-order valence-corrected chi connectivity index (χ1v) is 8.66. The lowest BCUT2D eigenvalue weighted by atomic mass is 9.84. The SMILES string of the molecule is CCN(CC1CC(c2ccc3c(c2)OCO3)=NO1)C(=O)C1CCC1. The van der Waals surface area contributed by atoms with Crippen molar-refractivity contribution in [2.75, 3.05) is 19.9 Å². The molecule has 1 saturated carbocycles. The van der Waals surface area contributed by atoms with Crippen LogP contribution in [0.15, 0.2) is 23.4 Å². The lowest BCUT2D eigenvalue weighted by Crippen LogP contribution is -2.42. The summed E-state index contributed by atoms with van der Waals surface area (Å²) in [4.78, 5) is 19.9. The Hall–Kier alpha value is -2.24. The van der Waals surface area contributed by atoms with E-state index in [0.29, 0.717) is 19.5 Å². The van der Waals surface area contributed by atoms with Gasteiger partial charge in [-0.1, -0.05) is 11.6 Å². The van der Waals surface area contributed by atoms with Crippen LogP contribution in [0, 0.1) is 5.92 Å². The van der Waals surface area contributed by atoms with Crippen LogP contribution < -0.4 is 9.47 Å². The molecule has 0 N–H and O–H groups in total. The average Bonchev–Trinajstić information content (AvgIpc) is 3.19. The molecule has 0 aromatic heterocycles. The van der Waals surface area contributed by atoms with Crippen molar-refractivity contribution < 1.29 is 19.1 Å². The molecule has 4 rings (SSSR count). The molecule has 1 aromatic carbocycles. The van der Waals surface area contributed by atoms with Gasteiger partial charge in [0.15, 0.2) is 17.6 Å². The molecule has 24 heavy (non-hydrogen) atoms. The van der Waals surface area contributed by atoms with Crippen LogP contribution in [0.4, 0.5) is 0 Å². The number of carbonyl (C=O) groups is 1. The Kier molecular flexibility index (Phi) is 4.04. The molecular formula is C18H22N2O4. The molecule has 2 aliphatic heterocycles. The molecule has 0 bridgehead atoms. The summed E-state index contributed by atoms with van der Waals surface area (Å²) in [5.41, 5.74) is 1.88. The summed E-state index contributed by atoms with van der Waals surface area (Å²) in [5, 5.41) is 4.22. The second kappa shape index (κ2) is 6.34. The van der Waals surface area contributed by atoms with Crippen LogP contribution in [0.2, 0.25) is 0 Å². The first-order valence-electron chi connectivity index (χ1n) is 8.66. The molecule has 6 heteroatoms. The third-order valence-electron chi connectivity index (χ3n) is 5.01. The summed E-state index contributed by atoms with van der Waals surface area (Å²) in [6.45, 7) is 3.60. The normalized spacial score (nSPS) is 21.9. The predicted molar refractivity (Wildman–Crippen MR) is 88.2 cm³/mol. The monoisotopic (exact) mass is 330 g/mol. The van der Waals surface area contributed by atoms with Gasteiger partial charge in [-0.25, -0.2) is 0 Å². The van der Waals surface area contributed by atoms with Gasteiger partial charge in [0.2, 0.25) is 12.7 Å². The van der Waals surface area contributed by atoms with Gasteiger partial charge in [-0.3, -0.25) is 4.79 Å². The van der Waals surface area contributed by atoms with Gasteiger partial charge >= 0.3 is 0 Å². The molecule has 1 aromatic rings. The van der Waals surface area contributed by atoms with E-state index >= 15 is 0 Å². The van der Waals surface area contributed by atoms with Crippen LogP contribution in [0.3, 0.4) is 0 Å². The number of oxime groups is 1. The Morgan fingerprint density at radius 3 is 2.88 bits per heavy atom. The zero-order valence-electron chi connectivity index (χ0n) is 13.9. The van der Waals surface area contributed by atoms with E-state index in [1.807, 2.05) is 30.0 Å². The molecule has 128 valence electrons. The fourth-order valence-electron chi connectivity index (χ4n) is 3.31. The molecule has 1 unspecified atom stereocenters. The van der Waals surface area contributed by atoms with Gasteiger partial charge in [0, 0.05) is 24.4 Å². The number of likely N-dealkylation sites (N-methyl/N-ethyl adjacent to an activating group) is 1. The molecule has 0 radical (unpaired) electrons. The van der Waals surface area contributed by atoms with E-state index in [1.54, 1.807) is 0 Å². The number of ether oxygens (including phenoxy) is 2. The lowest BCUT2D eigenvalue weighted by molar-refractivity contribution is -0.139. The number of rotatable bonds is 5. The molecule has 0 spiro atoms. The lowest BCUT2D eigenvalue weighted by Gasteiger charge is -2.31. The van der Waals surface area contributed by atoms with Gasteiger partial charge in [0.25, 0.3) is 0 Å². The van der Waals surface area contributed by atoms with Crippen molar-refractivity contribution in [3.63, 3.8) is 0 Å². The van der Waals surface area contributed by atoms with Crippen LogP contribution in [0.25, 0.3) is 0 Å². The number of benzene rings is 1. The van der Waals surface area contributed by atoms with Crippen molar-refractivity contribution in [2.24, 2.45) is 11.1 Å². The van der Waals surface area contributed by atoms with Crippen LogP contribution in [0.5, 0.6) is 11.5 Å². The van der Waals surface area contributed by atoms with Gasteiger partial charge < -0.3 is 19.2 Å². The summed E-state index contributed by atoms with van der Waals surface area (Å²) >= 11 is 0. The maximum absolute atomic E-state index is 12.4. The Bertz CT molecular complexity index is 669. The molecule has 0 saturated heterocycles. The van der Waals surface area contributed by atoms with Crippen LogP contribution in [-0.2, 0) is 9.63 Å². The van der Waals surface area contributed by atoms with E-state index in [1.165, 1.54) is 6.42 Å². The number of fused-ring (bicyclic) bond motifs is 1. The van der Waals surface area contributed by atoms with E-state index < -0.39 is 0 Å². The van der Waals surface area contributed by atoms with Crippen LogP contribution in [-0.4, -0.2) is 42.5 Å². The van der Waals surface area contributed by atoms with Crippen molar-refractivity contribution in [1.82, 2.24) is 4.90 Å². The predicted octanol–water partition coefficient (Wildman–Crippen LogP) is 2.56. The van der Waals surface area contributed by atoms with Crippen molar-refractivity contribution in [2.45, 2.75) is 38.7 Å². The highest BCUT2D eigenvalue weighted by molar-refractivity contribution is 6.01. The van der Waals surface area contributed by atoms with Crippen molar-refractivity contribution in [3.8, 4) is 11.5 Å². The van der Waals surface area contributed by atoms with E-state index in [9.17, 15) is 4.79 Å². The van der Waals surface area contributed by atoms with Crippen LogP contribution >= 0.6 is 0 Å². The second-order valence-electron chi connectivity index (χ2n) is 6.54. The summed E-state index contributed by atoms with van der Waals surface area (Å²) in [6, 6.07) is 5.80. The molecule has 1 fully saturated rings. The minimum Gasteiger partial charge on any atom is -0.454 e. The van der Waals surface area contributed by atoms with Crippen molar-refractivity contribution >= 4 is 11.6 Å². The minimum atomic E-state index is -0.0746. The summed E-state index contributed by atoms with van der Waals surface area (Å²) in [5.74, 6) is 2.00. The number of carbonyl (C=O) groups excluding carboxylic acids is 1. The molecule has 2 heterocycles. The second-order valence-corrected chi connectivity index (χ2v) is 6.54. The topological polar surface area (TPSA) is 60.4 Å². The van der Waals surface area contributed by atoms with E-state index in [2.05, 4.69) is 5.16 Å². The smallest absolute Gasteiger partial charge is 0.231 e. The average molecular weight is 330 g/mol. The van der Waals surface area contributed by atoms with E-state index in [0.717, 1.165) is 35.6 Å². The summed E-state index contributed by atoms with van der Waals surface area (Å²) in [6.07, 6.45) is 3.85. The number of hydrogen-bond donors (Lipinski definition) is 0. The molecule has 6 nitrogen and oxygen atoms in total. The van der Waals surface area contributed by atoms with Gasteiger partial charge in [-0.15, -0.1) is 0 Å². The first-order chi connectivity index (χ1) is 11.7. The Morgan fingerprint density at radius 2 is 2.12 bits per heavy atom. The third-order valence-corrected chi connectivity index (χ3v) is 5.01. The minimum absolute atomic E-state index is 0.0746. The fourth-order valence-corrected chi connectivity index (χ4v) is 3.31. The first kappa shape index (κ1) is 15.3. The fraction of sp³-hybridized carbons (Fsp3) is 0.556. The highest BCUT2D eigenvalue weighted by Gasteiger charge is 2.32. The standard InChI is InChI=1S/C18H22N2O4/c1-2-20(18(21)12-4-3-5-12)10-14-9-15(19-24-14)13-6-7-16-17(8-13)23-11-22-16/h6-8,12,14H,2-5,9-11H2,1H3. The third kappa shape index (κ3) is 2.81. The van der Waals surface area contributed by atoms with Gasteiger partial charge in [0.1, 0.15) is 0 Å². The Balaban J connectivity index is 1.37. The zero-order valence-corrected chi connectivity index (χ0v) is 13.9. The highest BCUT2D eigenvalue weighted by Crippen LogP contribution is 2.34. The summed E-state index contributed by atoms with van der Waals surface area (Å²) < 4.78 is 10.7. The zero-order chi connectivity index (χ0) is 16.5. The van der Waals surface area contributed by atoms with Gasteiger partial charge in [-0.05, 0) is 38.0 Å². The van der Waals surface area contributed by atoms with Gasteiger partial charge in [-0.2, -0.15) is 0 Å². The van der Waals surface area contributed by atoms with Crippen molar-refractivity contribution in [1.29, 1.82) is 0 Å². The van der Waals surface area contributed by atoms with E-state index in [4.69, 9.17) is 14.3 Å². The molecule has 3 aliphatic rings. The Morgan fingerprint density at radius 1 is 1.29 bits per heavy atom. The largest absolute Gasteiger partial charge is 0.454 e. The van der Waals surface area contributed by atoms with E-state index in [-0.39, 0.29) is 24.7 Å². The maximum Gasteiger partial charge on any atom is 0.231 e. The number of nitrogens with zero attached hydrogens (tertiary/aromatic N) is 2. The molecular weight excluding hydrogens is 308 g/mol. The number of hydrogen-bond acceptors (Lipinski definition) is 5. The molecule has 1 atom stereocenters. The maximum atomic E-state index is 12.4. The highest BCUT2D eigenvalue weighted by atomic mass is 16.7. The quantitative estimate of drug-likeness (QED) is 0.832. The van der Waals surface area contributed by atoms with Crippen molar-refractivity contribution in [3.05, 3.63) is 23.8 Å². The summed E-state index contributed by atoms with van der Waals surface area (Å²) in [7, 11) is 0. The van der Waals surface area contributed by atoms with Gasteiger partial charge in [0.05, 0.1) is 12.3 Å². The molecule has 1 amide bonds. The van der Waals surface area contributed by atoms with Crippen LogP contribution in [0.1, 0.15) is 38.2 Å².